The van der Waals surface area contributed by atoms with E-state index in [1.807, 2.05) is 0 Å². The molecule has 0 aromatic carbocycles. The molecule has 2 unspecified atom stereocenters. The van der Waals surface area contributed by atoms with Gasteiger partial charge in [-0.2, -0.15) is 0 Å². The lowest BCUT2D eigenvalue weighted by Gasteiger charge is -2.46. The molecule has 1 N–H and O–H groups in total. The van der Waals surface area contributed by atoms with Crippen molar-refractivity contribution in [2.75, 3.05) is 13.3 Å². The lowest BCUT2D eigenvalue weighted by molar-refractivity contribution is -0.133. The van der Waals surface area contributed by atoms with E-state index in [2.05, 4.69) is 107 Å². The molecule has 2 heterocycles. The Bertz CT molecular complexity index is 1150. The minimum atomic E-state index is -2.50. The zero-order chi connectivity index (χ0) is 31.3. The monoisotopic (exact) mass is 618 g/mol. The van der Waals surface area contributed by atoms with E-state index in [9.17, 15) is 9.59 Å². The van der Waals surface area contributed by atoms with Crippen LogP contribution >= 0.6 is 0 Å². The van der Waals surface area contributed by atoms with Gasteiger partial charge in [0.25, 0.3) is 5.56 Å². The second-order valence-electron chi connectivity index (χ2n) is 15.9. The van der Waals surface area contributed by atoms with Gasteiger partial charge in [0.1, 0.15) is 24.5 Å². The quantitative estimate of drug-likeness (QED) is 0.315. The number of hydrogen-bond acceptors (Lipinski definition) is 6. The third kappa shape index (κ3) is 7.17. The van der Waals surface area contributed by atoms with E-state index in [4.69, 9.17) is 18.0 Å². The number of aromatic amines is 1. The summed E-state index contributed by atoms with van der Waals surface area (Å²) in [4.78, 5) is 27.3. The van der Waals surface area contributed by atoms with Crippen LogP contribution in [0, 0.1) is 0 Å². The first kappa shape index (κ1) is 35.3. The summed E-state index contributed by atoms with van der Waals surface area (Å²) >= 11 is 0. The first-order valence-corrected chi connectivity index (χ1v) is 23.0. The number of ether oxygens (including phenoxy) is 1. The normalized spacial score (nSPS) is 25.4. The summed E-state index contributed by atoms with van der Waals surface area (Å²) in [5.74, 6) is 0. The van der Waals surface area contributed by atoms with Crippen LogP contribution in [0.15, 0.2) is 21.9 Å². The van der Waals surface area contributed by atoms with Crippen LogP contribution in [-0.4, -0.2) is 65.6 Å². The van der Waals surface area contributed by atoms with Crippen molar-refractivity contribution in [3.05, 3.63) is 33.1 Å². The molecule has 1 aliphatic heterocycles. The Kier molecular flexibility index (Phi) is 9.98. The minimum absolute atomic E-state index is 0.0365. The molecule has 232 valence electrons. The molecule has 1 fully saturated rings. The van der Waals surface area contributed by atoms with E-state index < -0.39 is 66.9 Å². The van der Waals surface area contributed by atoms with Gasteiger partial charge in [0, 0.05) is 12.3 Å². The molecular formula is C28H55FN2O6Si3. The molecule has 2 rings (SSSR count). The zero-order valence-electron chi connectivity index (χ0n) is 27.6. The summed E-state index contributed by atoms with van der Waals surface area (Å²) in [5, 5.41) is -0.456. The molecule has 8 nitrogen and oxygen atoms in total. The molecule has 0 spiro atoms. The predicted octanol–water partition coefficient (Wildman–Crippen LogP) is 6.58. The third-order valence-corrected chi connectivity index (χ3v) is 23.2. The molecule has 1 aromatic heterocycles. The van der Waals surface area contributed by atoms with Crippen LogP contribution in [0.25, 0.3) is 0 Å². The van der Waals surface area contributed by atoms with Crippen LogP contribution < -0.4 is 11.2 Å². The highest BCUT2D eigenvalue weighted by molar-refractivity contribution is 6.75. The third-order valence-electron chi connectivity index (χ3n) is 9.75. The van der Waals surface area contributed by atoms with Crippen LogP contribution in [0.5, 0.6) is 0 Å². The Balaban J connectivity index is 2.81. The summed E-state index contributed by atoms with van der Waals surface area (Å²) in [6.07, 6.45) is -1.29. The van der Waals surface area contributed by atoms with Crippen molar-refractivity contribution >= 4 is 25.0 Å². The molecule has 0 saturated carbocycles. The maximum atomic E-state index is 15.6. The van der Waals surface area contributed by atoms with E-state index in [0.29, 0.717) is 0 Å². The molecule has 0 amide bonds. The van der Waals surface area contributed by atoms with Gasteiger partial charge in [-0.15, -0.1) is 0 Å². The van der Waals surface area contributed by atoms with Crippen molar-refractivity contribution < 1.29 is 22.4 Å². The highest BCUT2D eigenvalue weighted by atomic mass is 28.4. The highest BCUT2D eigenvalue weighted by Crippen LogP contribution is 2.49. The Morgan fingerprint density at radius 2 is 1.35 bits per heavy atom. The van der Waals surface area contributed by atoms with Crippen LogP contribution in [0.4, 0.5) is 4.39 Å². The summed E-state index contributed by atoms with van der Waals surface area (Å²) in [7, 11) is -7.31. The SMILES string of the molecule is CC(C)(C)[Si](C)(C)OC[C@@]1(CF)O[C@@H](n2ccc(=O)[nH]c2=O)C(O[Si](C)(C)C(C)(C)C)C1O[Si](C)(C)C(C)(C)C. The molecule has 1 saturated heterocycles. The minimum Gasteiger partial charge on any atom is -0.414 e. The molecule has 4 atom stereocenters. The van der Waals surface area contributed by atoms with Gasteiger partial charge < -0.3 is 18.0 Å². The van der Waals surface area contributed by atoms with Gasteiger partial charge >= 0.3 is 5.69 Å². The van der Waals surface area contributed by atoms with Crippen molar-refractivity contribution in [3.63, 3.8) is 0 Å². The summed E-state index contributed by atoms with van der Waals surface area (Å²) in [5.41, 5.74) is -2.68. The fourth-order valence-electron chi connectivity index (χ4n) is 3.75. The molecule has 0 bridgehead atoms. The molecule has 1 aliphatic rings. The number of hydrogen-bond donors (Lipinski definition) is 1. The van der Waals surface area contributed by atoms with Crippen molar-refractivity contribution in [1.29, 1.82) is 0 Å². The van der Waals surface area contributed by atoms with Gasteiger partial charge in [-0.3, -0.25) is 14.3 Å². The molecule has 40 heavy (non-hydrogen) atoms. The van der Waals surface area contributed by atoms with Crippen molar-refractivity contribution in [1.82, 2.24) is 9.55 Å². The van der Waals surface area contributed by atoms with E-state index in [0.717, 1.165) is 0 Å². The maximum absolute atomic E-state index is 15.6. The largest absolute Gasteiger partial charge is 0.414 e. The number of alkyl halides is 1. The molecule has 1 aromatic rings. The van der Waals surface area contributed by atoms with Crippen molar-refractivity contribution in [2.45, 2.75) is 141 Å². The van der Waals surface area contributed by atoms with Gasteiger partial charge in [0.15, 0.2) is 31.2 Å². The van der Waals surface area contributed by atoms with Crippen LogP contribution in [0.3, 0.4) is 0 Å². The highest BCUT2D eigenvalue weighted by Gasteiger charge is 2.62. The number of H-pyrrole nitrogens is 1. The lowest BCUT2D eigenvalue weighted by Crippen LogP contribution is -2.60. The smallest absolute Gasteiger partial charge is 0.330 e. The number of nitrogens with zero attached hydrogens (tertiary/aromatic N) is 1. The van der Waals surface area contributed by atoms with Gasteiger partial charge in [0.05, 0.1) is 6.61 Å². The first-order chi connectivity index (χ1) is 17.7. The van der Waals surface area contributed by atoms with E-state index in [1.165, 1.54) is 16.8 Å². The van der Waals surface area contributed by atoms with Gasteiger partial charge in [0.2, 0.25) is 0 Å². The van der Waals surface area contributed by atoms with Gasteiger partial charge in [-0.05, 0) is 54.4 Å². The Labute approximate surface area is 243 Å². The molecular weight excluding hydrogens is 564 g/mol. The molecule has 12 heteroatoms. The van der Waals surface area contributed by atoms with Crippen molar-refractivity contribution in [2.24, 2.45) is 0 Å². The Morgan fingerprint density at radius 3 is 1.77 bits per heavy atom. The lowest BCUT2D eigenvalue weighted by atomic mass is 9.97. The summed E-state index contributed by atoms with van der Waals surface area (Å²) in [6.45, 7) is 31.0. The average Bonchev–Trinajstić information content (AvgIpc) is 3.02. The van der Waals surface area contributed by atoms with Crippen LogP contribution in [0.1, 0.15) is 68.5 Å². The fraction of sp³-hybridized carbons (Fsp3) is 0.857. The van der Waals surface area contributed by atoms with Crippen LogP contribution in [-0.2, 0) is 18.0 Å². The zero-order valence-corrected chi connectivity index (χ0v) is 30.6. The number of aromatic nitrogens is 2. The Hall–Kier alpha value is -0.899. The van der Waals surface area contributed by atoms with Crippen LogP contribution in [0.2, 0.25) is 54.4 Å². The second kappa shape index (κ2) is 11.3. The van der Waals surface area contributed by atoms with Gasteiger partial charge in [-0.1, -0.05) is 62.3 Å². The summed E-state index contributed by atoms with van der Waals surface area (Å²) in [6, 6.07) is 1.26. The molecule has 0 aliphatic carbocycles. The Morgan fingerprint density at radius 1 is 0.875 bits per heavy atom. The average molecular weight is 619 g/mol. The first-order valence-electron chi connectivity index (χ1n) is 14.3. The number of halogens is 1. The van der Waals surface area contributed by atoms with Gasteiger partial charge in [-0.25, -0.2) is 9.18 Å². The standard InChI is InChI=1S/C28H55FN2O6Si3/c1-25(2,3)38(10,11)34-19-28(18-29)22(37-40(14,15)27(7,8)9)21(36-39(12,13)26(4,5)6)23(35-28)31-17-16-20(32)30-24(31)33/h16-17,21-23H,18-19H2,1-15H3,(H,30,32,33)/t21?,22?,23-,28-/m1/s1. The van der Waals surface area contributed by atoms with E-state index in [-0.39, 0.29) is 21.7 Å². The van der Waals surface area contributed by atoms with E-state index in [1.54, 1.807) is 0 Å². The van der Waals surface area contributed by atoms with E-state index >= 15 is 4.39 Å². The maximum Gasteiger partial charge on any atom is 0.330 e. The number of rotatable bonds is 9. The summed E-state index contributed by atoms with van der Waals surface area (Å²) < 4.78 is 44.1. The number of nitrogens with one attached hydrogen (secondary N) is 1. The van der Waals surface area contributed by atoms with Crippen molar-refractivity contribution in [3.8, 4) is 0 Å². The second-order valence-corrected chi connectivity index (χ2v) is 30.2. The molecule has 0 radical (unpaired) electrons. The fourth-order valence-corrected chi connectivity index (χ4v) is 7.40. The topological polar surface area (TPSA) is 91.8 Å². The predicted molar refractivity (Wildman–Crippen MR) is 167 cm³/mol.